The van der Waals surface area contributed by atoms with Gasteiger partial charge in [0.05, 0.1) is 17.0 Å². The maximum absolute atomic E-state index is 12.8. The minimum Gasteiger partial charge on any atom is -0.473 e. The molecule has 1 aromatic heterocycles. The van der Waals surface area contributed by atoms with E-state index in [1.54, 1.807) is 0 Å². The summed E-state index contributed by atoms with van der Waals surface area (Å²) in [6.07, 6.45) is -3.81. The van der Waals surface area contributed by atoms with Crippen LogP contribution in [0.3, 0.4) is 0 Å². The normalized spacial score (nSPS) is 17.9. The van der Waals surface area contributed by atoms with Crippen LogP contribution in [0.4, 0.5) is 18.9 Å². The Morgan fingerprint density at radius 3 is 2.55 bits per heavy atom. The van der Waals surface area contributed by atoms with Gasteiger partial charge >= 0.3 is 6.18 Å². The molecule has 2 aromatic rings. The molecule has 1 aromatic carbocycles. The maximum Gasteiger partial charge on any atom is 0.416 e. The number of amides is 1. The zero-order chi connectivity index (χ0) is 21.2. The molecule has 1 aliphatic rings. The third-order valence-corrected chi connectivity index (χ3v) is 6.15. The average molecular weight is 429 g/mol. The fourth-order valence-corrected chi connectivity index (χ4v) is 4.38. The Morgan fingerprint density at radius 2 is 1.93 bits per heavy atom. The van der Waals surface area contributed by atoms with E-state index in [0.29, 0.717) is 12.1 Å². The molecule has 3 rings (SSSR count). The summed E-state index contributed by atoms with van der Waals surface area (Å²) in [5.74, 6) is -0.480. The van der Waals surface area contributed by atoms with Gasteiger partial charge in [-0.2, -0.15) is 17.5 Å². The van der Waals surface area contributed by atoms with Crippen molar-refractivity contribution in [1.29, 1.82) is 0 Å². The smallest absolute Gasteiger partial charge is 0.416 e. The predicted octanol–water partition coefficient (Wildman–Crippen LogP) is 2.90. The summed E-state index contributed by atoms with van der Waals surface area (Å²) in [5.41, 5.74) is -0.418. The van der Waals surface area contributed by atoms with E-state index >= 15 is 0 Å². The number of nitrogens with one attached hydrogen (secondary N) is 1. The molecule has 0 radical (unpaired) electrons. The summed E-state index contributed by atoms with van der Waals surface area (Å²) >= 11 is 0. The number of aromatic nitrogens is 1. The highest BCUT2D eigenvalue weighted by atomic mass is 32.2. The van der Waals surface area contributed by atoms with E-state index in [4.69, 9.17) is 4.74 Å². The molecule has 0 aliphatic carbocycles. The number of alkyl halides is 3. The van der Waals surface area contributed by atoms with Crippen LogP contribution < -0.4 is 10.1 Å². The number of halogens is 3. The first-order valence-corrected chi connectivity index (χ1v) is 10.1. The van der Waals surface area contributed by atoms with Crippen LogP contribution in [0.15, 0.2) is 47.5 Å². The lowest BCUT2D eigenvalue weighted by atomic mass is 10.2. The lowest BCUT2D eigenvalue weighted by Crippen LogP contribution is -2.31. The highest BCUT2D eigenvalue weighted by molar-refractivity contribution is 7.89. The summed E-state index contributed by atoms with van der Waals surface area (Å²) < 4.78 is 70.6. The molecule has 1 amide bonds. The van der Waals surface area contributed by atoms with Gasteiger partial charge in [-0.15, -0.1) is 0 Å². The second-order valence-corrected chi connectivity index (χ2v) is 8.42. The van der Waals surface area contributed by atoms with Gasteiger partial charge in [-0.05, 0) is 36.8 Å². The summed E-state index contributed by atoms with van der Waals surface area (Å²) in [6.45, 7) is 1.50. The van der Waals surface area contributed by atoms with Gasteiger partial charge in [0.15, 0.2) is 0 Å². The maximum atomic E-state index is 12.8. The third-order valence-electron chi connectivity index (χ3n) is 4.27. The second kappa shape index (κ2) is 7.99. The van der Waals surface area contributed by atoms with Gasteiger partial charge in [-0.25, -0.2) is 13.4 Å². The molecule has 7 nitrogen and oxygen atoms in total. The number of carbonyl (C=O) groups excluding carboxylic acids is 1. The third kappa shape index (κ3) is 5.04. The lowest BCUT2D eigenvalue weighted by molar-refractivity contribution is -0.137. The van der Waals surface area contributed by atoms with Gasteiger partial charge in [0.25, 0.3) is 0 Å². The summed E-state index contributed by atoms with van der Waals surface area (Å²) in [5, 5.41) is 2.55. The minimum absolute atomic E-state index is 0.00624. The number of rotatable bonds is 5. The van der Waals surface area contributed by atoms with E-state index in [-0.39, 0.29) is 29.8 Å². The molecule has 1 N–H and O–H groups in total. The van der Waals surface area contributed by atoms with Crippen molar-refractivity contribution in [3.8, 4) is 5.88 Å². The van der Waals surface area contributed by atoms with Gasteiger partial charge < -0.3 is 10.1 Å². The number of hydrogen-bond donors (Lipinski definition) is 1. The topological polar surface area (TPSA) is 88.6 Å². The fourth-order valence-electron chi connectivity index (χ4n) is 2.90. The molecule has 156 valence electrons. The summed E-state index contributed by atoms with van der Waals surface area (Å²) in [4.78, 5) is 14.9. The summed E-state index contributed by atoms with van der Waals surface area (Å²) in [7, 11) is -3.80. The number of carbonyl (C=O) groups is 1. The largest absolute Gasteiger partial charge is 0.473 e. The van der Waals surface area contributed by atoms with E-state index < -0.39 is 27.9 Å². The van der Waals surface area contributed by atoms with Crippen LogP contribution in [0.1, 0.15) is 18.9 Å². The molecular formula is C18H18F3N3O4S. The Labute approximate surface area is 165 Å². The number of ether oxygens (including phenoxy) is 1. The van der Waals surface area contributed by atoms with Crippen LogP contribution in [-0.4, -0.2) is 42.8 Å². The van der Waals surface area contributed by atoms with E-state index in [2.05, 4.69) is 10.3 Å². The quantitative estimate of drug-likeness (QED) is 0.790. The molecule has 29 heavy (non-hydrogen) atoms. The second-order valence-electron chi connectivity index (χ2n) is 6.48. The van der Waals surface area contributed by atoms with E-state index in [0.717, 1.165) is 18.3 Å². The Morgan fingerprint density at radius 1 is 1.24 bits per heavy atom. The van der Waals surface area contributed by atoms with Crippen LogP contribution in [0.25, 0.3) is 0 Å². The number of hydrogen-bond acceptors (Lipinski definition) is 5. The van der Waals surface area contributed by atoms with Gasteiger partial charge in [-0.1, -0.05) is 0 Å². The van der Waals surface area contributed by atoms with Crippen molar-refractivity contribution in [2.75, 3.05) is 18.4 Å². The van der Waals surface area contributed by atoms with Crippen molar-refractivity contribution in [1.82, 2.24) is 9.29 Å². The van der Waals surface area contributed by atoms with Gasteiger partial charge in [0.1, 0.15) is 6.10 Å². The lowest BCUT2D eigenvalue weighted by Gasteiger charge is -2.17. The Hall–Kier alpha value is -2.66. The average Bonchev–Trinajstić information content (AvgIpc) is 3.10. The van der Waals surface area contributed by atoms with Crippen LogP contribution in [0.5, 0.6) is 5.88 Å². The zero-order valence-electron chi connectivity index (χ0n) is 15.3. The standard InChI is InChI=1S/C18H18F3N3O4S/c1-12(25)23-14-2-4-16(5-3-14)29(26,27)24-9-7-15(11-24)28-17-10-13(6-8-22-17)18(19,20)21/h2-6,8,10,15H,7,9,11H2,1H3,(H,23,25). The molecule has 2 heterocycles. The van der Waals surface area contributed by atoms with Gasteiger partial charge in [0.2, 0.25) is 21.8 Å². The van der Waals surface area contributed by atoms with Crippen LogP contribution in [-0.2, 0) is 21.0 Å². The first kappa shape index (κ1) is 21.1. The molecular weight excluding hydrogens is 411 g/mol. The van der Waals surface area contributed by atoms with Crippen molar-refractivity contribution in [3.63, 3.8) is 0 Å². The van der Waals surface area contributed by atoms with Crippen LogP contribution in [0, 0.1) is 0 Å². The molecule has 0 saturated carbocycles. The SMILES string of the molecule is CC(=O)Nc1ccc(S(=O)(=O)N2CCC(Oc3cc(C(F)(F)F)ccn3)C2)cc1. The highest BCUT2D eigenvalue weighted by Gasteiger charge is 2.35. The number of nitrogens with zero attached hydrogens (tertiary/aromatic N) is 2. The molecule has 1 saturated heterocycles. The van der Waals surface area contributed by atoms with Crippen molar-refractivity contribution in [2.45, 2.75) is 30.5 Å². The predicted molar refractivity (Wildman–Crippen MR) is 97.8 cm³/mol. The highest BCUT2D eigenvalue weighted by Crippen LogP contribution is 2.31. The van der Waals surface area contributed by atoms with Gasteiger partial charge in [-0.3, -0.25) is 4.79 Å². The number of sulfonamides is 1. The van der Waals surface area contributed by atoms with E-state index in [1.165, 1.54) is 35.5 Å². The summed E-state index contributed by atoms with van der Waals surface area (Å²) in [6, 6.07) is 7.34. The van der Waals surface area contributed by atoms with Crippen molar-refractivity contribution < 1.29 is 31.1 Å². The molecule has 0 spiro atoms. The van der Waals surface area contributed by atoms with Gasteiger partial charge in [0, 0.05) is 31.4 Å². The first-order valence-electron chi connectivity index (χ1n) is 8.63. The molecule has 1 aliphatic heterocycles. The molecule has 1 atom stereocenters. The van der Waals surface area contributed by atoms with Crippen LogP contribution >= 0.6 is 0 Å². The molecule has 11 heteroatoms. The Balaban J connectivity index is 1.68. The molecule has 1 fully saturated rings. The van der Waals surface area contributed by atoms with Crippen molar-refractivity contribution in [2.24, 2.45) is 0 Å². The fraction of sp³-hybridized carbons (Fsp3) is 0.333. The monoisotopic (exact) mass is 429 g/mol. The van der Waals surface area contributed by atoms with Crippen molar-refractivity contribution >= 4 is 21.6 Å². The molecule has 1 unspecified atom stereocenters. The number of anilines is 1. The minimum atomic E-state index is -4.52. The molecule has 0 bridgehead atoms. The Bertz CT molecular complexity index is 994. The number of benzene rings is 1. The Kier molecular flexibility index (Phi) is 5.80. The van der Waals surface area contributed by atoms with Crippen molar-refractivity contribution in [3.05, 3.63) is 48.2 Å². The first-order chi connectivity index (χ1) is 13.6. The van der Waals surface area contributed by atoms with Crippen LogP contribution in [0.2, 0.25) is 0 Å². The zero-order valence-corrected chi connectivity index (χ0v) is 16.1. The van der Waals surface area contributed by atoms with E-state index in [1.807, 2.05) is 0 Å². The number of pyridine rings is 1. The van der Waals surface area contributed by atoms with E-state index in [9.17, 15) is 26.4 Å².